The molecule has 1 unspecified atom stereocenters. The van der Waals surface area contributed by atoms with Gasteiger partial charge in [0.2, 0.25) is 0 Å². The van der Waals surface area contributed by atoms with Crippen molar-refractivity contribution in [3.63, 3.8) is 0 Å². The van der Waals surface area contributed by atoms with Gasteiger partial charge in [-0.2, -0.15) is 0 Å². The van der Waals surface area contributed by atoms with E-state index in [0.29, 0.717) is 12.6 Å². The summed E-state index contributed by atoms with van der Waals surface area (Å²) in [6.07, 6.45) is 2.72. The number of piperidine rings is 1. The Morgan fingerprint density at radius 1 is 1.38 bits per heavy atom. The van der Waals surface area contributed by atoms with Crippen LogP contribution in [0.1, 0.15) is 31.1 Å². The van der Waals surface area contributed by atoms with Crippen LogP contribution in [0.25, 0.3) is 11.0 Å². The Morgan fingerprint density at radius 3 is 3.05 bits per heavy atom. The molecule has 1 aliphatic heterocycles. The zero-order valence-corrected chi connectivity index (χ0v) is 12.7. The fourth-order valence-electron chi connectivity index (χ4n) is 3.24. The minimum absolute atomic E-state index is 0.364. The molecule has 4 nitrogen and oxygen atoms in total. The molecule has 1 aromatic heterocycles. The van der Waals surface area contributed by atoms with Crippen LogP contribution in [0.4, 0.5) is 0 Å². The van der Waals surface area contributed by atoms with Crippen LogP contribution in [0.15, 0.2) is 28.7 Å². The molecule has 2 N–H and O–H groups in total. The number of nitrogens with zero attached hydrogens (tertiary/aromatic N) is 1. The van der Waals surface area contributed by atoms with Crippen molar-refractivity contribution in [2.45, 2.75) is 39.0 Å². The highest BCUT2D eigenvalue weighted by Gasteiger charge is 2.22. The minimum Gasteiger partial charge on any atom is -0.459 e. The molecule has 1 aliphatic rings. The Kier molecular flexibility index (Phi) is 4.58. The molecule has 0 aliphatic carbocycles. The van der Waals surface area contributed by atoms with Gasteiger partial charge in [0.05, 0.1) is 12.6 Å². The fourth-order valence-corrected chi connectivity index (χ4v) is 3.24. The van der Waals surface area contributed by atoms with Gasteiger partial charge in [0.1, 0.15) is 11.3 Å². The lowest BCUT2D eigenvalue weighted by Crippen LogP contribution is -2.39. The predicted molar refractivity (Wildman–Crippen MR) is 84.0 cm³/mol. The van der Waals surface area contributed by atoms with Gasteiger partial charge < -0.3 is 14.9 Å². The fraction of sp³-hybridized carbons (Fsp3) is 0.529. The molecule has 1 fully saturated rings. The topological polar surface area (TPSA) is 51.6 Å². The van der Waals surface area contributed by atoms with E-state index in [0.717, 1.165) is 37.6 Å². The van der Waals surface area contributed by atoms with Crippen LogP contribution in [0.5, 0.6) is 0 Å². The summed E-state index contributed by atoms with van der Waals surface area (Å²) in [4.78, 5) is 2.46. The number of hydrogen-bond donors (Lipinski definition) is 1. The van der Waals surface area contributed by atoms with E-state index in [9.17, 15) is 0 Å². The maximum Gasteiger partial charge on any atom is 0.134 e. The number of rotatable bonds is 5. The van der Waals surface area contributed by atoms with Gasteiger partial charge in [0, 0.05) is 30.6 Å². The largest absolute Gasteiger partial charge is 0.459 e. The normalized spacial score (nSPS) is 20.2. The van der Waals surface area contributed by atoms with Crippen LogP contribution in [0, 0.1) is 0 Å². The van der Waals surface area contributed by atoms with E-state index in [1.165, 1.54) is 23.8 Å². The number of nitrogens with two attached hydrogens (primary N) is 1. The number of benzene rings is 1. The molecule has 1 saturated heterocycles. The predicted octanol–water partition coefficient (Wildman–Crippen LogP) is 2.89. The van der Waals surface area contributed by atoms with Crippen LogP contribution < -0.4 is 5.73 Å². The molecule has 0 radical (unpaired) electrons. The third-order valence-corrected chi connectivity index (χ3v) is 4.21. The number of para-hydroxylation sites is 1. The minimum atomic E-state index is 0.364. The van der Waals surface area contributed by atoms with Gasteiger partial charge in [-0.25, -0.2) is 0 Å². The average molecular weight is 288 g/mol. The summed E-state index contributed by atoms with van der Waals surface area (Å²) >= 11 is 0. The Bertz CT molecular complexity index is 591. The van der Waals surface area contributed by atoms with E-state index in [4.69, 9.17) is 14.9 Å². The second kappa shape index (κ2) is 6.60. The van der Waals surface area contributed by atoms with Crippen molar-refractivity contribution in [1.29, 1.82) is 0 Å². The van der Waals surface area contributed by atoms with E-state index >= 15 is 0 Å². The van der Waals surface area contributed by atoms with Crippen LogP contribution in [0.3, 0.4) is 0 Å². The molecule has 114 valence electrons. The Hall–Kier alpha value is -1.36. The van der Waals surface area contributed by atoms with Crippen LogP contribution in [-0.4, -0.2) is 30.7 Å². The first kappa shape index (κ1) is 14.6. The quantitative estimate of drug-likeness (QED) is 0.919. The molecule has 2 aromatic rings. The standard InChI is InChI=1S/C17H24N2O2/c1-2-20-13-6-5-9-19(11-13)12-15-14-7-3-4-8-16(14)21-17(15)10-18/h3-4,7-8,13H,2,5-6,9-12,18H2,1H3. The molecule has 0 saturated carbocycles. The van der Waals surface area contributed by atoms with Gasteiger partial charge in [-0.05, 0) is 32.4 Å². The highest BCUT2D eigenvalue weighted by Crippen LogP contribution is 2.28. The average Bonchev–Trinajstić information content (AvgIpc) is 2.86. The Balaban J connectivity index is 1.80. The summed E-state index contributed by atoms with van der Waals surface area (Å²) in [7, 11) is 0. The first-order valence-electron chi connectivity index (χ1n) is 7.85. The molecule has 3 rings (SSSR count). The third-order valence-electron chi connectivity index (χ3n) is 4.21. The van der Waals surface area contributed by atoms with Crippen molar-refractivity contribution in [1.82, 2.24) is 4.90 Å². The lowest BCUT2D eigenvalue weighted by Gasteiger charge is -2.32. The maximum atomic E-state index is 5.88. The zero-order chi connectivity index (χ0) is 14.7. The van der Waals surface area contributed by atoms with Gasteiger partial charge in [0.25, 0.3) is 0 Å². The van der Waals surface area contributed by atoms with E-state index in [1.54, 1.807) is 0 Å². The zero-order valence-electron chi connectivity index (χ0n) is 12.7. The van der Waals surface area contributed by atoms with Crippen LogP contribution in [0.2, 0.25) is 0 Å². The lowest BCUT2D eigenvalue weighted by molar-refractivity contribution is 0.00359. The molecule has 2 heterocycles. The number of likely N-dealkylation sites (tertiary alicyclic amines) is 1. The molecular formula is C17H24N2O2. The molecule has 1 atom stereocenters. The van der Waals surface area contributed by atoms with Crippen molar-refractivity contribution in [2.75, 3.05) is 19.7 Å². The van der Waals surface area contributed by atoms with Crippen molar-refractivity contribution >= 4 is 11.0 Å². The summed E-state index contributed by atoms with van der Waals surface area (Å²) in [5.74, 6) is 0.912. The number of ether oxygens (including phenoxy) is 1. The van der Waals surface area contributed by atoms with Crippen molar-refractivity contribution in [2.24, 2.45) is 5.73 Å². The second-order valence-electron chi connectivity index (χ2n) is 5.66. The summed E-state index contributed by atoms with van der Waals surface area (Å²) in [6, 6.07) is 8.19. The van der Waals surface area contributed by atoms with E-state index < -0.39 is 0 Å². The molecule has 0 amide bonds. The first-order valence-corrected chi connectivity index (χ1v) is 7.85. The highest BCUT2D eigenvalue weighted by atomic mass is 16.5. The van der Waals surface area contributed by atoms with Gasteiger partial charge in [-0.3, -0.25) is 4.90 Å². The summed E-state index contributed by atoms with van der Waals surface area (Å²) in [5.41, 5.74) is 8.04. The molecule has 1 aromatic carbocycles. The van der Waals surface area contributed by atoms with Crippen molar-refractivity contribution in [3.05, 3.63) is 35.6 Å². The molecule has 0 spiro atoms. The van der Waals surface area contributed by atoms with Gasteiger partial charge in [-0.15, -0.1) is 0 Å². The van der Waals surface area contributed by atoms with Crippen LogP contribution >= 0.6 is 0 Å². The van der Waals surface area contributed by atoms with E-state index in [2.05, 4.69) is 24.0 Å². The lowest BCUT2D eigenvalue weighted by atomic mass is 10.1. The molecule has 0 bridgehead atoms. The third kappa shape index (κ3) is 3.12. The van der Waals surface area contributed by atoms with Crippen molar-refractivity contribution < 1.29 is 9.15 Å². The van der Waals surface area contributed by atoms with E-state index in [-0.39, 0.29) is 0 Å². The van der Waals surface area contributed by atoms with Gasteiger partial charge in [0.15, 0.2) is 0 Å². The SMILES string of the molecule is CCOC1CCCN(Cc2c(CN)oc3ccccc23)C1. The van der Waals surface area contributed by atoms with Gasteiger partial charge >= 0.3 is 0 Å². The highest BCUT2D eigenvalue weighted by molar-refractivity contribution is 5.82. The molecule has 4 heteroatoms. The number of hydrogen-bond acceptors (Lipinski definition) is 4. The Morgan fingerprint density at radius 2 is 2.24 bits per heavy atom. The summed E-state index contributed by atoms with van der Waals surface area (Å²) in [5, 5.41) is 1.19. The molecular weight excluding hydrogens is 264 g/mol. The van der Waals surface area contributed by atoms with Gasteiger partial charge in [-0.1, -0.05) is 18.2 Å². The molecule has 21 heavy (non-hydrogen) atoms. The second-order valence-corrected chi connectivity index (χ2v) is 5.66. The first-order chi connectivity index (χ1) is 10.3. The maximum absolute atomic E-state index is 5.88. The summed E-state index contributed by atoms with van der Waals surface area (Å²) in [6.45, 7) is 6.32. The van der Waals surface area contributed by atoms with Crippen LogP contribution in [-0.2, 0) is 17.8 Å². The van der Waals surface area contributed by atoms with E-state index in [1.807, 2.05) is 12.1 Å². The Labute approximate surface area is 125 Å². The number of fused-ring (bicyclic) bond motifs is 1. The van der Waals surface area contributed by atoms with Crippen molar-refractivity contribution in [3.8, 4) is 0 Å². The smallest absolute Gasteiger partial charge is 0.134 e. The monoisotopic (exact) mass is 288 g/mol. The summed E-state index contributed by atoms with van der Waals surface area (Å²) < 4.78 is 11.7. The number of furan rings is 1.